The van der Waals surface area contributed by atoms with Crippen molar-refractivity contribution in [1.82, 2.24) is 4.90 Å². The summed E-state index contributed by atoms with van der Waals surface area (Å²) in [6, 6.07) is 25.7. The number of nitrogens with two attached hydrogens (primary N) is 1. The highest BCUT2D eigenvalue weighted by molar-refractivity contribution is 5.69. The molecule has 6 nitrogen and oxygen atoms in total. The first kappa shape index (κ1) is 22.4. The normalized spacial score (nSPS) is 15.1. The lowest BCUT2D eigenvalue weighted by molar-refractivity contribution is 0.0369. The Bertz CT molecular complexity index is 1150. The quantitative estimate of drug-likeness (QED) is 0.522. The van der Waals surface area contributed by atoms with Crippen LogP contribution in [0.1, 0.15) is 29.5 Å². The third kappa shape index (κ3) is 5.16. The smallest absolute Gasteiger partial charge is 0.407 e. The Morgan fingerprint density at radius 1 is 1.03 bits per heavy atom. The van der Waals surface area contributed by atoms with Crippen LogP contribution in [0.3, 0.4) is 0 Å². The Labute approximate surface area is 193 Å². The topological polar surface area (TPSA) is 99.6 Å². The zero-order valence-electron chi connectivity index (χ0n) is 18.4. The molecule has 3 N–H and O–H groups in total. The molecule has 0 spiro atoms. The minimum absolute atomic E-state index is 0.219. The second-order valence-corrected chi connectivity index (χ2v) is 8.56. The summed E-state index contributed by atoms with van der Waals surface area (Å²) in [5, 5.41) is 18.4. The molecule has 6 heteroatoms. The van der Waals surface area contributed by atoms with Gasteiger partial charge in [0.1, 0.15) is 0 Å². The molecule has 0 atom stereocenters. The van der Waals surface area contributed by atoms with Gasteiger partial charge >= 0.3 is 6.09 Å². The van der Waals surface area contributed by atoms with Crippen LogP contribution in [-0.4, -0.2) is 35.8 Å². The number of hydrogen-bond donors (Lipinski definition) is 2. The molecule has 33 heavy (non-hydrogen) atoms. The number of piperidine rings is 1. The summed E-state index contributed by atoms with van der Waals surface area (Å²) in [5.74, 6) is 0. The number of anilines is 1. The summed E-state index contributed by atoms with van der Waals surface area (Å²) in [5.41, 5.74) is 11.3. The Morgan fingerprint density at radius 2 is 1.73 bits per heavy atom. The molecule has 1 amide bonds. The average Bonchev–Trinajstić information content (AvgIpc) is 2.84. The molecule has 1 fully saturated rings. The van der Waals surface area contributed by atoms with Gasteiger partial charge in [0.15, 0.2) is 0 Å². The van der Waals surface area contributed by atoms with Crippen molar-refractivity contribution in [1.29, 1.82) is 5.26 Å². The van der Waals surface area contributed by atoms with Crippen LogP contribution in [0.5, 0.6) is 0 Å². The van der Waals surface area contributed by atoms with Crippen molar-refractivity contribution in [2.75, 3.05) is 25.4 Å². The summed E-state index contributed by atoms with van der Waals surface area (Å²) < 4.78 is 6.23. The molecule has 168 valence electrons. The van der Waals surface area contributed by atoms with Crippen molar-refractivity contribution in [3.8, 4) is 17.2 Å². The Balaban J connectivity index is 1.49. The third-order valence-electron chi connectivity index (χ3n) is 6.39. The molecule has 0 aromatic heterocycles. The number of amides is 1. The summed E-state index contributed by atoms with van der Waals surface area (Å²) in [6.07, 6.45) is 0.570. The maximum Gasteiger partial charge on any atom is 0.407 e. The van der Waals surface area contributed by atoms with E-state index in [1.165, 1.54) is 10.5 Å². The van der Waals surface area contributed by atoms with E-state index in [1.54, 1.807) is 12.1 Å². The number of nitriles is 1. The van der Waals surface area contributed by atoms with Gasteiger partial charge in [-0.1, -0.05) is 42.5 Å². The molecule has 4 rings (SSSR count). The van der Waals surface area contributed by atoms with Crippen LogP contribution in [0.15, 0.2) is 72.8 Å². The van der Waals surface area contributed by atoms with Crippen molar-refractivity contribution in [3.05, 3.63) is 89.5 Å². The maximum atomic E-state index is 11.4. The molecule has 3 aromatic rings. The number of benzene rings is 3. The van der Waals surface area contributed by atoms with E-state index < -0.39 is 6.09 Å². The second kappa shape index (κ2) is 9.76. The first-order valence-corrected chi connectivity index (χ1v) is 11.0. The summed E-state index contributed by atoms with van der Waals surface area (Å²) in [4.78, 5) is 12.9. The number of hydrogen-bond acceptors (Lipinski definition) is 4. The predicted octanol–water partition coefficient (Wildman–Crippen LogP) is 5.04. The van der Waals surface area contributed by atoms with Crippen LogP contribution in [0.25, 0.3) is 11.1 Å². The number of rotatable bonds is 6. The lowest BCUT2D eigenvalue weighted by atomic mass is 9.73. The molecule has 0 saturated carbocycles. The molecule has 1 heterocycles. The number of carboxylic acid groups (broad SMARTS) is 1. The molecular weight excluding hydrogens is 414 g/mol. The van der Waals surface area contributed by atoms with Gasteiger partial charge in [0.25, 0.3) is 0 Å². The maximum absolute atomic E-state index is 11.4. The fraction of sp³-hybridized carbons (Fsp3) is 0.259. The molecule has 1 aliphatic rings. The van der Waals surface area contributed by atoms with Crippen LogP contribution in [-0.2, 0) is 16.8 Å². The number of ether oxygens (including phenoxy) is 1. The first-order valence-electron chi connectivity index (χ1n) is 11.0. The van der Waals surface area contributed by atoms with Crippen LogP contribution < -0.4 is 5.73 Å². The van der Waals surface area contributed by atoms with Gasteiger partial charge in [-0.25, -0.2) is 4.79 Å². The van der Waals surface area contributed by atoms with Crippen molar-refractivity contribution < 1.29 is 14.6 Å². The van der Waals surface area contributed by atoms with Gasteiger partial charge in [0.2, 0.25) is 0 Å². The van der Waals surface area contributed by atoms with Gasteiger partial charge in [-0.05, 0) is 65.4 Å². The van der Waals surface area contributed by atoms with Crippen molar-refractivity contribution >= 4 is 11.8 Å². The van der Waals surface area contributed by atoms with E-state index in [4.69, 9.17) is 15.7 Å². The lowest BCUT2D eigenvalue weighted by Gasteiger charge is -2.41. The zero-order valence-corrected chi connectivity index (χ0v) is 18.4. The van der Waals surface area contributed by atoms with Gasteiger partial charge in [-0.3, -0.25) is 0 Å². The fourth-order valence-corrected chi connectivity index (χ4v) is 4.50. The largest absolute Gasteiger partial charge is 0.465 e. The number of likely N-dealkylation sites (tertiary alicyclic amines) is 1. The van der Waals surface area contributed by atoms with Crippen LogP contribution in [0.4, 0.5) is 10.5 Å². The lowest BCUT2D eigenvalue weighted by Crippen LogP contribution is -2.46. The van der Waals surface area contributed by atoms with E-state index in [9.17, 15) is 9.90 Å². The van der Waals surface area contributed by atoms with Crippen LogP contribution >= 0.6 is 0 Å². The molecule has 0 unspecified atom stereocenters. The summed E-state index contributed by atoms with van der Waals surface area (Å²) >= 11 is 0. The van der Waals surface area contributed by atoms with Crippen molar-refractivity contribution in [2.24, 2.45) is 0 Å². The zero-order chi connectivity index (χ0) is 23.3. The van der Waals surface area contributed by atoms with Crippen molar-refractivity contribution in [2.45, 2.75) is 24.9 Å². The predicted molar refractivity (Wildman–Crippen MR) is 128 cm³/mol. The van der Waals surface area contributed by atoms with E-state index in [0.29, 0.717) is 37.6 Å². The highest BCUT2D eigenvalue weighted by Crippen LogP contribution is 2.36. The van der Waals surface area contributed by atoms with Crippen LogP contribution in [0, 0.1) is 11.3 Å². The monoisotopic (exact) mass is 441 g/mol. The number of nitrogen functional groups attached to an aromatic ring is 1. The van der Waals surface area contributed by atoms with E-state index in [0.717, 1.165) is 29.5 Å². The minimum Gasteiger partial charge on any atom is -0.465 e. The minimum atomic E-state index is -0.868. The fourth-order valence-electron chi connectivity index (χ4n) is 4.50. The Morgan fingerprint density at radius 3 is 2.36 bits per heavy atom. The van der Waals surface area contributed by atoms with Gasteiger partial charge in [0.05, 0.1) is 24.8 Å². The van der Waals surface area contributed by atoms with E-state index in [2.05, 4.69) is 24.3 Å². The first-order chi connectivity index (χ1) is 16.0. The molecule has 0 aliphatic carbocycles. The van der Waals surface area contributed by atoms with Gasteiger partial charge in [0, 0.05) is 24.2 Å². The molecular formula is C27H27N3O3. The molecule has 1 saturated heterocycles. The molecule has 1 aliphatic heterocycles. The summed E-state index contributed by atoms with van der Waals surface area (Å²) in [6.45, 7) is 1.90. The van der Waals surface area contributed by atoms with Gasteiger partial charge in [-0.15, -0.1) is 0 Å². The SMILES string of the molecule is N#Cc1ccc(-c2cc(N)cc(COCC3(c4ccccc4)CCN(C(=O)O)CC3)c2)cc1. The Hall–Kier alpha value is -3.82. The summed E-state index contributed by atoms with van der Waals surface area (Å²) in [7, 11) is 0. The van der Waals surface area contributed by atoms with Crippen LogP contribution in [0.2, 0.25) is 0 Å². The number of carbonyl (C=O) groups is 1. The highest BCUT2D eigenvalue weighted by atomic mass is 16.5. The molecule has 0 bridgehead atoms. The molecule has 0 radical (unpaired) electrons. The third-order valence-corrected chi connectivity index (χ3v) is 6.39. The van der Waals surface area contributed by atoms with Crippen molar-refractivity contribution in [3.63, 3.8) is 0 Å². The second-order valence-electron chi connectivity index (χ2n) is 8.56. The van der Waals surface area contributed by atoms with E-state index >= 15 is 0 Å². The highest BCUT2D eigenvalue weighted by Gasteiger charge is 2.37. The van der Waals surface area contributed by atoms with Gasteiger partial charge < -0.3 is 20.5 Å². The standard InChI is InChI=1S/C27H27N3O3/c28-17-20-6-8-22(9-7-20)23-14-21(15-25(29)16-23)18-33-19-27(24-4-2-1-3-5-24)10-12-30(13-11-27)26(31)32/h1-9,14-16H,10-13,18-19,29H2,(H,31,32). The average molecular weight is 442 g/mol. The number of nitrogens with zero attached hydrogens (tertiary/aromatic N) is 2. The van der Waals surface area contributed by atoms with E-state index in [-0.39, 0.29) is 5.41 Å². The molecule has 3 aromatic carbocycles. The van der Waals surface area contributed by atoms with E-state index in [1.807, 2.05) is 42.5 Å². The Kier molecular flexibility index (Phi) is 6.62. The van der Waals surface area contributed by atoms with Gasteiger partial charge in [-0.2, -0.15) is 5.26 Å².